The van der Waals surface area contributed by atoms with E-state index in [1.54, 1.807) is 0 Å². The van der Waals surface area contributed by atoms with Crippen molar-refractivity contribution in [2.24, 2.45) is 4.99 Å². The molecule has 166 valence electrons. The summed E-state index contributed by atoms with van der Waals surface area (Å²) in [4.78, 5) is 11.2. The lowest BCUT2D eigenvalue weighted by Gasteiger charge is -2.41. The summed E-state index contributed by atoms with van der Waals surface area (Å²) in [5.74, 6) is 1.85. The molecule has 8 heteroatoms. The molecule has 2 heterocycles. The third-order valence-electron chi connectivity index (χ3n) is 5.51. The smallest absolute Gasteiger partial charge is 0.191 e. The first-order chi connectivity index (χ1) is 14.0. The van der Waals surface area contributed by atoms with Crippen LogP contribution < -0.4 is 10.6 Å². The van der Waals surface area contributed by atoms with Gasteiger partial charge in [-0.2, -0.15) is 0 Å². The van der Waals surface area contributed by atoms with Gasteiger partial charge in [-0.25, -0.2) is 4.98 Å². The van der Waals surface area contributed by atoms with Crippen molar-refractivity contribution < 1.29 is 4.74 Å². The van der Waals surface area contributed by atoms with Gasteiger partial charge in [0.05, 0.1) is 13.2 Å². The summed E-state index contributed by atoms with van der Waals surface area (Å²) < 4.78 is 7.63. The summed E-state index contributed by atoms with van der Waals surface area (Å²) in [7, 11) is 1.81. The molecule has 0 saturated carbocycles. The molecule has 0 aliphatic carbocycles. The lowest BCUT2D eigenvalue weighted by molar-refractivity contribution is -0.00834. The lowest BCUT2D eigenvalue weighted by Crippen LogP contribution is -2.56. The molecule has 0 unspecified atom stereocenters. The summed E-state index contributed by atoms with van der Waals surface area (Å²) in [6.07, 6.45) is 3.86. The normalized spacial score (nSPS) is 15.5. The first-order valence-electron chi connectivity index (χ1n) is 10.3. The summed E-state index contributed by atoms with van der Waals surface area (Å²) in [6.45, 7) is 12.5. The van der Waals surface area contributed by atoms with E-state index in [-0.39, 0.29) is 29.5 Å². The van der Waals surface area contributed by atoms with Gasteiger partial charge in [0.15, 0.2) is 5.96 Å². The van der Waals surface area contributed by atoms with Gasteiger partial charge in [0.2, 0.25) is 0 Å². The molecule has 30 heavy (non-hydrogen) atoms. The van der Waals surface area contributed by atoms with Crippen LogP contribution in [0.4, 0.5) is 0 Å². The van der Waals surface area contributed by atoms with Gasteiger partial charge < -0.3 is 19.9 Å². The van der Waals surface area contributed by atoms with Crippen molar-refractivity contribution in [3.8, 4) is 0 Å². The first kappa shape index (κ1) is 24.6. The van der Waals surface area contributed by atoms with E-state index in [1.807, 2.05) is 26.4 Å². The minimum atomic E-state index is 0. The number of benzene rings is 1. The number of halogens is 1. The fourth-order valence-electron chi connectivity index (χ4n) is 3.59. The van der Waals surface area contributed by atoms with Crippen molar-refractivity contribution in [1.29, 1.82) is 0 Å². The number of nitrogens with zero attached hydrogens (tertiary/aromatic N) is 4. The third-order valence-corrected chi connectivity index (χ3v) is 5.51. The third kappa shape index (κ3) is 6.95. The zero-order chi connectivity index (χ0) is 20.7. The molecule has 0 amide bonds. The molecule has 0 spiro atoms. The summed E-state index contributed by atoms with van der Waals surface area (Å²) in [5.41, 5.74) is 2.54. The zero-order valence-electron chi connectivity index (χ0n) is 18.5. The van der Waals surface area contributed by atoms with Crippen LogP contribution in [-0.2, 0) is 17.8 Å². The predicted octanol–water partition coefficient (Wildman–Crippen LogP) is 2.63. The van der Waals surface area contributed by atoms with E-state index in [0.717, 1.165) is 57.7 Å². The van der Waals surface area contributed by atoms with E-state index in [1.165, 1.54) is 11.1 Å². The van der Waals surface area contributed by atoms with E-state index in [4.69, 9.17) is 4.74 Å². The van der Waals surface area contributed by atoms with Gasteiger partial charge >= 0.3 is 0 Å². The zero-order valence-corrected chi connectivity index (χ0v) is 20.8. The number of nitrogens with one attached hydrogen (secondary N) is 2. The van der Waals surface area contributed by atoms with Crippen LogP contribution in [0.3, 0.4) is 0 Å². The van der Waals surface area contributed by atoms with Gasteiger partial charge in [-0.15, -0.1) is 24.0 Å². The summed E-state index contributed by atoms with van der Waals surface area (Å²) >= 11 is 0. The number of rotatable bonds is 7. The van der Waals surface area contributed by atoms with Gasteiger partial charge in [0, 0.05) is 57.7 Å². The monoisotopic (exact) mass is 526 g/mol. The van der Waals surface area contributed by atoms with Crippen molar-refractivity contribution in [1.82, 2.24) is 25.1 Å². The molecule has 3 rings (SSSR count). The van der Waals surface area contributed by atoms with Gasteiger partial charge in [-0.05, 0) is 31.9 Å². The van der Waals surface area contributed by atoms with Crippen LogP contribution in [0, 0.1) is 6.92 Å². The average Bonchev–Trinajstić information content (AvgIpc) is 3.13. The van der Waals surface area contributed by atoms with Crippen LogP contribution in [0.25, 0.3) is 0 Å². The van der Waals surface area contributed by atoms with Crippen LogP contribution in [0.2, 0.25) is 0 Å². The molecule has 1 aromatic heterocycles. The fourth-order valence-corrected chi connectivity index (χ4v) is 3.59. The molecule has 0 radical (unpaired) electrons. The first-order valence-corrected chi connectivity index (χ1v) is 10.3. The molecular weight excluding hydrogens is 491 g/mol. The second-order valence-electron chi connectivity index (χ2n) is 8.11. The number of ether oxygens (including phenoxy) is 1. The molecule has 1 aromatic carbocycles. The number of aromatic nitrogens is 2. The minimum absolute atomic E-state index is 0. The molecule has 1 fully saturated rings. The van der Waals surface area contributed by atoms with Crippen molar-refractivity contribution in [3.63, 3.8) is 0 Å². The number of hydrogen-bond donors (Lipinski definition) is 2. The second-order valence-corrected chi connectivity index (χ2v) is 8.11. The molecule has 1 aliphatic heterocycles. The Labute approximate surface area is 197 Å². The Morgan fingerprint density at radius 1 is 1.20 bits per heavy atom. The fraction of sp³-hybridized carbons (Fsp3) is 0.545. The van der Waals surface area contributed by atoms with Crippen molar-refractivity contribution >= 4 is 29.9 Å². The number of guanidine groups is 1. The maximum atomic E-state index is 5.48. The molecule has 1 saturated heterocycles. The van der Waals surface area contributed by atoms with Crippen LogP contribution >= 0.6 is 24.0 Å². The van der Waals surface area contributed by atoms with E-state index < -0.39 is 0 Å². The van der Waals surface area contributed by atoms with Crippen molar-refractivity contribution in [2.75, 3.05) is 39.9 Å². The molecule has 1 aliphatic rings. The second kappa shape index (κ2) is 11.7. The molecule has 0 bridgehead atoms. The SMILES string of the molecule is CN=C(NCc1cccc(Cn2ccnc2C)c1)NCC(C)(C)N1CCOCC1.I. The van der Waals surface area contributed by atoms with Crippen LogP contribution in [-0.4, -0.2) is 65.8 Å². The maximum absolute atomic E-state index is 5.48. The highest BCUT2D eigenvalue weighted by atomic mass is 127. The predicted molar refractivity (Wildman–Crippen MR) is 133 cm³/mol. The Kier molecular flexibility index (Phi) is 9.57. The number of morpholine rings is 1. The van der Waals surface area contributed by atoms with Crippen LogP contribution in [0.1, 0.15) is 30.8 Å². The van der Waals surface area contributed by atoms with Gasteiger partial charge in [-0.1, -0.05) is 24.3 Å². The van der Waals surface area contributed by atoms with E-state index >= 15 is 0 Å². The van der Waals surface area contributed by atoms with Crippen LogP contribution in [0.15, 0.2) is 41.7 Å². The van der Waals surface area contributed by atoms with Gasteiger partial charge in [0.25, 0.3) is 0 Å². The molecule has 7 nitrogen and oxygen atoms in total. The summed E-state index contributed by atoms with van der Waals surface area (Å²) in [6, 6.07) is 8.64. The van der Waals surface area contributed by atoms with E-state index in [0.29, 0.717) is 0 Å². The minimum Gasteiger partial charge on any atom is -0.379 e. The Balaban J connectivity index is 0.00000320. The number of aliphatic imine (C=N–C) groups is 1. The highest BCUT2D eigenvalue weighted by Gasteiger charge is 2.28. The molecular formula is C22H35IN6O. The van der Waals surface area contributed by atoms with E-state index in [2.05, 4.69) is 68.2 Å². The largest absolute Gasteiger partial charge is 0.379 e. The summed E-state index contributed by atoms with van der Waals surface area (Å²) in [5, 5.41) is 6.91. The molecule has 0 atom stereocenters. The van der Waals surface area contributed by atoms with Gasteiger partial charge in [-0.3, -0.25) is 9.89 Å². The lowest BCUT2D eigenvalue weighted by atomic mass is 10.0. The van der Waals surface area contributed by atoms with E-state index in [9.17, 15) is 0 Å². The maximum Gasteiger partial charge on any atom is 0.191 e. The Morgan fingerprint density at radius 3 is 2.60 bits per heavy atom. The highest BCUT2D eigenvalue weighted by Crippen LogP contribution is 2.15. The molecule has 2 N–H and O–H groups in total. The van der Waals surface area contributed by atoms with Crippen molar-refractivity contribution in [2.45, 2.75) is 39.4 Å². The number of aryl methyl sites for hydroxylation is 1. The standard InChI is InChI=1S/C22H34N6O.HI/c1-18-24-8-9-27(18)16-20-7-5-6-19(14-20)15-25-21(23-4)26-17-22(2,3)28-10-12-29-13-11-28;/h5-9,14H,10-13,15-17H2,1-4H3,(H2,23,25,26);1H. The van der Waals surface area contributed by atoms with Crippen molar-refractivity contribution in [3.05, 3.63) is 53.6 Å². The Morgan fingerprint density at radius 2 is 1.93 bits per heavy atom. The highest BCUT2D eigenvalue weighted by molar-refractivity contribution is 14.0. The Hall–Kier alpha value is -1.65. The van der Waals surface area contributed by atoms with Crippen LogP contribution in [0.5, 0.6) is 0 Å². The number of imidazole rings is 1. The molecule has 2 aromatic rings. The van der Waals surface area contributed by atoms with Gasteiger partial charge in [0.1, 0.15) is 5.82 Å². The quantitative estimate of drug-likeness (QED) is 0.330. The number of hydrogen-bond acceptors (Lipinski definition) is 4. The topological polar surface area (TPSA) is 66.7 Å². The Bertz CT molecular complexity index is 813. The average molecular weight is 526 g/mol.